The summed E-state index contributed by atoms with van der Waals surface area (Å²) in [4.78, 5) is 10.3. The van der Waals surface area contributed by atoms with Crippen molar-refractivity contribution in [2.75, 3.05) is 0 Å². The van der Waals surface area contributed by atoms with Gasteiger partial charge in [0.1, 0.15) is 6.29 Å². The van der Waals surface area contributed by atoms with Crippen LogP contribution in [-0.2, 0) is 11.3 Å². The summed E-state index contributed by atoms with van der Waals surface area (Å²) < 4.78 is 1.89. The fourth-order valence-corrected chi connectivity index (χ4v) is 1.59. The van der Waals surface area contributed by atoms with Gasteiger partial charge in [-0.1, -0.05) is 11.6 Å². The zero-order chi connectivity index (χ0) is 9.26. The van der Waals surface area contributed by atoms with Crippen molar-refractivity contribution in [2.45, 2.75) is 6.54 Å². The highest BCUT2D eigenvalue weighted by Gasteiger charge is 1.99. The number of aldehydes is 1. The smallest absolute Gasteiger partial charge is 0.139 e. The Hall–Kier alpha value is -1.28. The standard InChI is InChI=1S/C10H8ClNO/c11-9-1-2-10-8(7-9)3-4-12(10)5-6-13/h1-4,6-7H,5H2. The van der Waals surface area contributed by atoms with Crippen LogP contribution in [0.1, 0.15) is 0 Å². The molecular weight excluding hydrogens is 186 g/mol. The lowest BCUT2D eigenvalue weighted by Crippen LogP contribution is -1.95. The number of hydrogen-bond donors (Lipinski definition) is 0. The zero-order valence-corrected chi connectivity index (χ0v) is 7.66. The molecule has 3 heteroatoms. The summed E-state index contributed by atoms with van der Waals surface area (Å²) in [5.41, 5.74) is 1.04. The van der Waals surface area contributed by atoms with Gasteiger partial charge in [0.05, 0.1) is 6.54 Å². The molecule has 0 unspecified atom stereocenters. The summed E-state index contributed by atoms with van der Waals surface area (Å²) in [5.74, 6) is 0. The first-order chi connectivity index (χ1) is 6.31. The third-order valence-electron chi connectivity index (χ3n) is 2.00. The molecule has 0 bridgehead atoms. The van der Waals surface area contributed by atoms with E-state index in [2.05, 4.69) is 0 Å². The molecule has 0 spiro atoms. The van der Waals surface area contributed by atoms with E-state index in [1.54, 1.807) is 0 Å². The fraction of sp³-hybridized carbons (Fsp3) is 0.100. The van der Waals surface area contributed by atoms with E-state index in [-0.39, 0.29) is 0 Å². The van der Waals surface area contributed by atoms with Gasteiger partial charge in [-0.05, 0) is 24.3 Å². The molecule has 1 heterocycles. The van der Waals surface area contributed by atoms with E-state index in [0.717, 1.165) is 22.2 Å². The predicted molar refractivity (Wildman–Crippen MR) is 53.0 cm³/mol. The molecule has 13 heavy (non-hydrogen) atoms. The molecule has 0 atom stereocenters. The first-order valence-electron chi connectivity index (χ1n) is 3.99. The van der Waals surface area contributed by atoms with Crippen molar-refractivity contribution < 1.29 is 4.79 Å². The Bertz CT molecular complexity index is 447. The fourth-order valence-electron chi connectivity index (χ4n) is 1.41. The van der Waals surface area contributed by atoms with E-state index in [0.29, 0.717) is 6.54 Å². The van der Waals surface area contributed by atoms with Crippen LogP contribution in [0, 0.1) is 0 Å². The SMILES string of the molecule is O=CCn1ccc2cc(Cl)ccc21. The molecular formula is C10H8ClNO. The molecule has 66 valence electrons. The van der Waals surface area contributed by atoms with Gasteiger partial charge in [-0.2, -0.15) is 0 Å². The van der Waals surface area contributed by atoms with Crippen molar-refractivity contribution in [3.8, 4) is 0 Å². The molecule has 0 fully saturated rings. The monoisotopic (exact) mass is 193 g/mol. The van der Waals surface area contributed by atoms with Gasteiger partial charge in [0.15, 0.2) is 0 Å². The number of aromatic nitrogens is 1. The largest absolute Gasteiger partial charge is 0.340 e. The van der Waals surface area contributed by atoms with E-state index < -0.39 is 0 Å². The Morgan fingerprint density at radius 3 is 3.00 bits per heavy atom. The molecule has 0 amide bonds. The van der Waals surface area contributed by atoms with E-state index in [1.807, 2.05) is 35.0 Å². The Balaban J connectivity index is 2.61. The van der Waals surface area contributed by atoms with Crippen LogP contribution < -0.4 is 0 Å². The third kappa shape index (κ3) is 1.45. The van der Waals surface area contributed by atoms with Crippen LogP contribution in [0.2, 0.25) is 5.02 Å². The molecule has 2 rings (SSSR count). The average Bonchev–Trinajstić information content (AvgIpc) is 2.49. The highest BCUT2D eigenvalue weighted by atomic mass is 35.5. The van der Waals surface area contributed by atoms with Crippen molar-refractivity contribution in [3.05, 3.63) is 35.5 Å². The van der Waals surface area contributed by atoms with Gasteiger partial charge < -0.3 is 9.36 Å². The maximum atomic E-state index is 10.3. The topological polar surface area (TPSA) is 22.0 Å². The van der Waals surface area contributed by atoms with Crippen LogP contribution in [0.3, 0.4) is 0 Å². The molecule has 0 aliphatic heterocycles. The number of carbonyl (C=O) groups is 1. The number of rotatable bonds is 2. The van der Waals surface area contributed by atoms with Crippen LogP contribution in [0.5, 0.6) is 0 Å². The number of fused-ring (bicyclic) bond motifs is 1. The zero-order valence-electron chi connectivity index (χ0n) is 6.90. The van der Waals surface area contributed by atoms with Crippen LogP contribution in [0.4, 0.5) is 0 Å². The van der Waals surface area contributed by atoms with E-state index in [4.69, 9.17) is 11.6 Å². The number of hydrogen-bond acceptors (Lipinski definition) is 1. The first-order valence-corrected chi connectivity index (χ1v) is 4.37. The molecule has 0 saturated carbocycles. The normalized spacial score (nSPS) is 10.5. The second-order valence-corrected chi connectivity index (χ2v) is 3.27. The van der Waals surface area contributed by atoms with Crippen molar-refractivity contribution >= 4 is 28.8 Å². The molecule has 0 aliphatic carbocycles. The van der Waals surface area contributed by atoms with E-state index in [1.165, 1.54) is 0 Å². The minimum Gasteiger partial charge on any atom is -0.340 e. The Morgan fingerprint density at radius 2 is 2.23 bits per heavy atom. The molecule has 0 aliphatic rings. The average molecular weight is 194 g/mol. The summed E-state index contributed by atoms with van der Waals surface area (Å²) >= 11 is 5.83. The number of nitrogens with zero attached hydrogens (tertiary/aromatic N) is 1. The minimum atomic E-state index is 0.394. The summed E-state index contributed by atoms with van der Waals surface area (Å²) in [6, 6.07) is 7.58. The lowest BCUT2D eigenvalue weighted by atomic mass is 10.2. The number of benzene rings is 1. The summed E-state index contributed by atoms with van der Waals surface area (Å²) in [5, 5.41) is 1.78. The van der Waals surface area contributed by atoms with Gasteiger partial charge in [-0.3, -0.25) is 0 Å². The molecule has 0 N–H and O–H groups in total. The Morgan fingerprint density at radius 1 is 1.38 bits per heavy atom. The second-order valence-electron chi connectivity index (χ2n) is 2.84. The highest BCUT2D eigenvalue weighted by molar-refractivity contribution is 6.31. The summed E-state index contributed by atoms with van der Waals surface area (Å²) in [6.07, 6.45) is 2.77. The van der Waals surface area contributed by atoms with E-state index in [9.17, 15) is 4.79 Å². The summed E-state index contributed by atoms with van der Waals surface area (Å²) in [7, 11) is 0. The first kappa shape index (κ1) is 8.32. The van der Waals surface area contributed by atoms with Gasteiger partial charge >= 0.3 is 0 Å². The highest BCUT2D eigenvalue weighted by Crippen LogP contribution is 2.19. The summed E-state index contributed by atoms with van der Waals surface area (Å²) in [6.45, 7) is 0.394. The lowest BCUT2D eigenvalue weighted by Gasteiger charge is -1.98. The Kier molecular flexibility index (Phi) is 2.07. The molecule has 1 aromatic carbocycles. The molecule has 0 radical (unpaired) electrons. The quantitative estimate of drug-likeness (QED) is 0.672. The van der Waals surface area contributed by atoms with Crippen LogP contribution in [0.15, 0.2) is 30.5 Å². The number of halogens is 1. The Labute approximate surface area is 80.7 Å². The van der Waals surface area contributed by atoms with Crippen molar-refractivity contribution in [2.24, 2.45) is 0 Å². The van der Waals surface area contributed by atoms with Crippen molar-refractivity contribution in [1.29, 1.82) is 0 Å². The van der Waals surface area contributed by atoms with Gasteiger partial charge in [-0.25, -0.2) is 0 Å². The van der Waals surface area contributed by atoms with Crippen LogP contribution in [0.25, 0.3) is 10.9 Å². The number of carbonyl (C=O) groups excluding carboxylic acids is 1. The minimum absolute atomic E-state index is 0.394. The van der Waals surface area contributed by atoms with Gasteiger partial charge in [0.25, 0.3) is 0 Å². The second kappa shape index (κ2) is 3.23. The molecule has 2 aromatic rings. The third-order valence-corrected chi connectivity index (χ3v) is 2.24. The van der Waals surface area contributed by atoms with Crippen molar-refractivity contribution in [3.63, 3.8) is 0 Å². The lowest BCUT2D eigenvalue weighted by molar-refractivity contribution is -0.108. The van der Waals surface area contributed by atoms with E-state index >= 15 is 0 Å². The van der Waals surface area contributed by atoms with Crippen LogP contribution >= 0.6 is 11.6 Å². The predicted octanol–water partition coefficient (Wildman–Crippen LogP) is 2.49. The van der Waals surface area contributed by atoms with Gasteiger partial charge in [0, 0.05) is 22.1 Å². The maximum absolute atomic E-state index is 10.3. The van der Waals surface area contributed by atoms with Gasteiger partial charge in [0.2, 0.25) is 0 Å². The van der Waals surface area contributed by atoms with Gasteiger partial charge in [-0.15, -0.1) is 0 Å². The molecule has 0 saturated heterocycles. The molecule has 1 aromatic heterocycles. The molecule has 2 nitrogen and oxygen atoms in total. The van der Waals surface area contributed by atoms with Crippen molar-refractivity contribution in [1.82, 2.24) is 4.57 Å². The maximum Gasteiger partial charge on any atom is 0.139 e. The van der Waals surface area contributed by atoms with Crippen LogP contribution in [-0.4, -0.2) is 10.9 Å².